The number of hydrogen-bond acceptors (Lipinski definition) is 5. The third kappa shape index (κ3) is 4.41. The Kier molecular flexibility index (Phi) is 5.35. The number of amides is 1. The summed E-state index contributed by atoms with van der Waals surface area (Å²) in [5, 5.41) is 6.06. The van der Waals surface area contributed by atoms with Gasteiger partial charge in [-0.1, -0.05) is 23.8 Å². The van der Waals surface area contributed by atoms with Gasteiger partial charge in [0.1, 0.15) is 17.3 Å². The van der Waals surface area contributed by atoms with Gasteiger partial charge in [-0.05, 0) is 44.0 Å². The smallest absolute Gasteiger partial charge is 0.275 e. The van der Waals surface area contributed by atoms with Crippen LogP contribution >= 0.6 is 0 Å². The molecule has 138 valence electrons. The number of aromatic nitrogens is 2. The number of carbonyl (C=O) groups is 1. The Bertz CT molecular complexity index is 945. The summed E-state index contributed by atoms with van der Waals surface area (Å²) in [6.07, 6.45) is 2.99. The van der Waals surface area contributed by atoms with Crippen molar-refractivity contribution in [2.24, 2.45) is 0 Å². The van der Waals surface area contributed by atoms with Crippen LogP contribution in [0.2, 0.25) is 0 Å². The summed E-state index contributed by atoms with van der Waals surface area (Å²) < 4.78 is 5.20. The molecule has 0 bridgehead atoms. The highest BCUT2D eigenvalue weighted by atomic mass is 16.5. The molecule has 2 aromatic carbocycles. The van der Waals surface area contributed by atoms with Crippen LogP contribution in [-0.2, 0) is 0 Å². The van der Waals surface area contributed by atoms with E-state index in [1.807, 2.05) is 57.2 Å². The Balaban J connectivity index is 1.72. The minimum Gasteiger partial charge on any atom is -0.497 e. The molecule has 0 unspecified atom stereocenters. The van der Waals surface area contributed by atoms with Crippen LogP contribution in [0.15, 0.2) is 48.8 Å². The van der Waals surface area contributed by atoms with Crippen molar-refractivity contribution in [1.82, 2.24) is 9.97 Å². The van der Waals surface area contributed by atoms with E-state index in [9.17, 15) is 4.79 Å². The van der Waals surface area contributed by atoms with Crippen molar-refractivity contribution in [2.75, 3.05) is 17.7 Å². The molecule has 6 heteroatoms. The summed E-state index contributed by atoms with van der Waals surface area (Å²) in [4.78, 5) is 21.0. The number of hydrogen-bond donors (Lipinski definition) is 2. The second kappa shape index (κ2) is 7.86. The summed E-state index contributed by atoms with van der Waals surface area (Å²) in [7, 11) is 1.61. The van der Waals surface area contributed by atoms with Gasteiger partial charge in [-0.25, -0.2) is 9.97 Å². The summed E-state index contributed by atoms with van der Waals surface area (Å²) in [5.74, 6) is 1.00. The molecule has 0 spiro atoms. The van der Waals surface area contributed by atoms with Crippen LogP contribution in [0.4, 0.5) is 17.2 Å². The third-order valence-corrected chi connectivity index (χ3v) is 4.14. The van der Waals surface area contributed by atoms with E-state index in [1.165, 1.54) is 12.4 Å². The lowest BCUT2D eigenvalue weighted by Crippen LogP contribution is -2.16. The van der Waals surface area contributed by atoms with Gasteiger partial charge >= 0.3 is 0 Å². The number of anilines is 3. The van der Waals surface area contributed by atoms with E-state index in [2.05, 4.69) is 20.6 Å². The highest BCUT2D eigenvalue weighted by Gasteiger charge is 2.12. The Morgan fingerprint density at radius 1 is 1.00 bits per heavy atom. The van der Waals surface area contributed by atoms with Crippen molar-refractivity contribution in [3.05, 3.63) is 71.2 Å². The predicted octanol–water partition coefficient (Wildman–Crippen LogP) is 4.41. The molecule has 0 saturated heterocycles. The van der Waals surface area contributed by atoms with Gasteiger partial charge in [0, 0.05) is 17.4 Å². The molecule has 2 N–H and O–H groups in total. The van der Waals surface area contributed by atoms with E-state index < -0.39 is 0 Å². The van der Waals surface area contributed by atoms with Gasteiger partial charge in [-0.2, -0.15) is 0 Å². The first-order chi connectivity index (χ1) is 13.0. The number of rotatable bonds is 5. The number of nitrogens with zero attached hydrogens (tertiary/aromatic N) is 2. The fourth-order valence-corrected chi connectivity index (χ4v) is 2.91. The van der Waals surface area contributed by atoms with E-state index in [0.717, 1.165) is 33.8 Å². The molecule has 1 heterocycles. The molecule has 0 aliphatic carbocycles. The molecule has 0 aliphatic rings. The molecule has 0 atom stereocenters. The van der Waals surface area contributed by atoms with Gasteiger partial charge in [-0.3, -0.25) is 4.79 Å². The number of nitrogens with one attached hydrogen (secondary N) is 2. The zero-order valence-corrected chi connectivity index (χ0v) is 15.8. The van der Waals surface area contributed by atoms with Gasteiger partial charge in [-0.15, -0.1) is 0 Å². The molecule has 3 rings (SSSR count). The van der Waals surface area contributed by atoms with E-state index in [1.54, 1.807) is 7.11 Å². The van der Waals surface area contributed by atoms with Crippen molar-refractivity contribution in [1.29, 1.82) is 0 Å². The normalized spacial score (nSPS) is 10.4. The molecule has 0 saturated carbocycles. The van der Waals surface area contributed by atoms with Gasteiger partial charge in [0.25, 0.3) is 5.91 Å². The quantitative estimate of drug-likeness (QED) is 0.703. The molecule has 1 aromatic heterocycles. The van der Waals surface area contributed by atoms with Crippen molar-refractivity contribution >= 4 is 23.1 Å². The molecule has 3 aromatic rings. The van der Waals surface area contributed by atoms with Crippen molar-refractivity contribution in [3.8, 4) is 5.75 Å². The lowest BCUT2D eigenvalue weighted by molar-refractivity contribution is 0.102. The topological polar surface area (TPSA) is 76.1 Å². The average molecular weight is 362 g/mol. The zero-order valence-electron chi connectivity index (χ0n) is 15.8. The zero-order chi connectivity index (χ0) is 19.4. The highest BCUT2D eigenvalue weighted by Crippen LogP contribution is 2.23. The van der Waals surface area contributed by atoms with Gasteiger partial charge < -0.3 is 15.4 Å². The molecular weight excluding hydrogens is 340 g/mol. The van der Waals surface area contributed by atoms with Crippen molar-refractivity contribution in [2.45, 2.75) is 20.8 Å². The van der Waals surface area contributed by atoms with Gasteiger partial charge in [0.2, 0.25) is 0 Å². The monoisotopic (exact) mass is 362 g/mol. The van der Waals surface area contributed by atoms with Gasteiger partial charge in [0.05, 0.1) is 19.5 Å². The van der Waals surface area contributed by atoms with E-state index in [0.29, 0.717) is 5.82 Å². The molecule has 0 fully saturated rings. The number of methoxy groups -OCH3 is 1. The van der Waals surface area contributed by atoms with Crippen molar-refractivity contribution < 1.29 is 9.53 Å². The maximum atomic E-state index is 12.5. The van der Waals surface area contributed by atoms with Crippen LogP contribution < -0.4 is 15.4 Å². The number of carbonyl (C=O) groups excluding carboxylic acids is 1. The first kappa shape index (κ1) is 18.4. The summed E-state index contributed by atoms with van der Waals surface area (Å²) in [6.45, 7) is 5.98. The van der Waals surface area contributed by atoms with E-state index in [-0.39, 0.29) is 11.6 Å². The number of ether oxygens (including phenoxy) is 1. The number of benzene rings is 2. The Morgan fingerprint density at radius 3 is 2.37 bits per heavy atom. The lowest BCUT2D eigenvalue weighted by atomic mass is 10.1. The molecule has 6 nitrogen and oxygen atoms in total. The Labute approximate surface area is 158 Å². The fourth-order valence-electron chi connectivity index (χ4n) is 2.91. The summed E-state index contributed by atoms with van der Waals surface area (Å²) in [5.41, 5.74) is 5.09. The first-order valence-corrected chi connectivity index (χ1v) is 8.58. The Hall–Kier alpha value is -3.41. The third-order valence-electron chi connectivity index (χ3n) is 4.14. The fraction of sp³-hybridized carbons (Fsp3) is 0.190. The van der Waals surface area contributed by atoms with E-state index in [4.69, 9.17) is 4.74 Å². The highest BCUT2D eigenvalue weighted by molar-refractivity contribution is 6.03. The molecule has 1 amide bonds. The van der Waals surface area contributed by atoms with E-state index >= 15 is 0 Å². The second-order valence-corrected chi connectivity index (χ2v) is 6.37. The molecular formula is C21H22N4O2. The SMILES string of the molecule is COc1cccc(Nc2cnc(C(=O)Nc3c(C)cc(C)cc3C)cn2)c1. The maximum absolute atomic E-state index is 12.5. The lowest BCUT2D eigenvalue weighted by Gasteiger charge is -2.12. The largest absolute Gasteiger partial charge is 0.497 e. The second-order valence-electron chi connectivity index (χ2n) is 6.37. The molecule has 0 aliphatic heterocycles. The summed E-state index contributed by atoms with van der Waals surface area (Å²) in [6, 6.07) is 11.6. The number of aryl methyl sites for hydroxylation is 3. The standard InChI is InChI=1S/C21H22N4O2/c1-13-8-14(2)20(15(3)9-13)25-21(26)18-11-23-19(12-22-18)24-16-6-5-7-17(10-16)27-4/h5-12H,1-4H3,(H,23,24)(H,25,26). The average Bonchev–Trinajstić information content (AvgIpc) is 2.65. The minimum atomic E-state index is -0.287. The van der Waals surface area contributed by atoms with Gasteiger partial charge in [0.15, 0.2) is 0 Å². The Morgan fingerprint density at radius 2 is 1.74 bits per heavy atom. The maximum Gasteiger partial charge on any atom is 0.275 e. The van der Waals surface area contributed by atoms with Crippen LogP contribution in [0.25, 0.3) is 0 Å². The predicted molar refractivity (Wildman–Crippen MR) is 107 cm³/mol. The van der Waals surface area contributed by atoms with Crippen LogP contribution in [0, 0.1) is 20.8 Å². The van der Waals surface area contributed by atoms with Crippen LogP contribution in [0.1, 0.15) is 27.2 Å². The minimum absolute atomic E-state index is 0.255. The van der Waals surface area contributed by atoms with Crippen molar-refractivity contribution in [3.63, 3.8) is 0 Å². The van der Waals surface area contributed by atoms with Crippen LogP contribution in [0.5, 0.6) is 5.75 Å². The first-order valence-electron chi connectivity index (χ1n) is 8.58. The molecule has 0 radical (unpaired) electrons. The molecule has 27 heavy (non-hydrogen) atoms. The summed E-state index contributed by atoms with van der Waals surface area (Å²) >= 11 is 0. The van der Waals surface area contributed by atoms with Crippen LogP contribution in [0.3, 0.4) is 0 Å². The van der Waals surface area contributed by atoms with Crippen LogP contribution in [-0.4, -0.2) is 23.0 Å².